The normalized spacial score (nSPS) is 30.4. The van der Waals surface area contributed by atoms with E-state index in [1.54, 1.807) is 4.90 Å². The van der Waals surface area contributed by atoms with Crippen molar-refractivity contribution in [2.75, 3.05) is 13.1 Å². The lowest BCUT2D eigenvalue weighted by Gasteiger charge is -2.41. The van der Waals surface area contributed by atoms with E-state index in [2.05, 4.69) is 5.32 Å². The monoisotopic (exact) mass is 252 g/mol. The van der Waals surface area contributed by atoms with Crippen LogP contribution in [0.2, 0.25) is 0 Å². The van der Waals surface area contributed by atoms with E-state index in [1.165, 1.54) is 32.1 Å². The summed E-state index contributed by atoms with van der Waals surface area (Å²) in [7, 11) is 0. The molecule has 4 nitrogen and oxygen atoms in total. The number of rotatable bonds is 3. The molecule has 1 aliphatic heterocycles. The fraction of sp³-hybridized carbons (Fsp3) is 0.857. The van der Waals surface area contributed by atoms with Crippen molar-refractivity contribution in [1.82, 2.24) is 10.2 Å². The van der Waals surface area contributed by atoms with Gasteiger partial charge in [0.2, 0.25) is 11.8 Å². The molecule has 1 N–H and O–H groups in total. The number of piperazine rings is 1. The van der Waals surface area contributed by atoms with Crippen LogP contribution in [0.5, 0.6) is 0 Å². The molecule has 18 heavy (non-hydrogen) atoms. The Kier molecular flexibility index (Phi) is 3.93. The molecule has 102 valence electrons. The van der Waals surface area contributed by atoms with Crippen molar-refractivity contribution in [3.05, 3.63) is 0 Å². The van der Waals surface area contributed by atoms with E-state index in [4.69, 9.17) is 0 Å². The standard InChI is InChI=1S/C14H24N2O2/c1-3-14(2)13(18)16(10-12(17)15-14)9-11-7-5-4-6-8-11/h11H,3-10H2,1-2H3,(H,15,17). The Hall–Kier alpha value is -1.06. The minimum absolute atomic E-state index is 0.0187. The molecule has 0 spiro atoms. The number of hydrogen-bond donors (Lipinski definition) is 1. The van der Waals surface area contributed by atoms with E-state index >= 15 is 0 Å². The maximum Gasteiger partial charge on any atom is 0.248 e. The number of carbonyl (C=O) groups is 2. The summed E-state index contributed by atoms with van der Waals surface area (Å²) in [6.07, 6.45) is 6.91. The maximum atomic E-state index is 12.4. The maximum absolute atomic E-state index is 12.4. The highest BCUT2D eigenvalue weighted by Gasteiger charge is 2.41. The van der Waals surface area contributed by atoms with Crippen molar-refractivity contribution < 1.29 is 9.59 Å². The smallest absolute Gasteiger partial charge is 0.248 e. The summed E-state index contributed by atoms with van der Waals surface area (Å²) in [5.41, 5.74) is -0.690. The van der Waals surface area contributed by atoms with Crippen molar-refractivity contribution in [2.24, 2.45) is 5.92 Å². The van der Waals surface area contributed by atoms with E-state index in [0.717, 1.165) is 6.54 Å². The number of carbonyl (C=O) groups excluding carboxylic acids is 2. The van der Waals surface area contributed by atoms with Crippen LogP contribution in [0, 0.1) is 5.92 Å². The summed E-state index contributed by atoms with van der Waals surface area (Å²) < 4.78 is 0. The van der Waals surface area contributed by atoms with Gasteiger partial charge in [-0.3, -0.25) is 9.59 Å². The van der Waals surface area contributed by atoms with Gasteiger partial charge in [0, 0.05) is 6.54 Å². The molecule has 0 aromatic heterocycles. The van der Waals surface area contributed by atoms with Crippen LogP contribution in [-0.4, -0.2) is 35.3 Å². The Labute approximate surface area is 109 Å². The van der Waals surface area contributed by atoms with Crippen LogP contribution in [0.25, 0.3) is 0 Å². The topological polar surface area (TPSA) is 49.4 Å². The molecular formula is C14H24N2O2. The molecule has 2 aliphatic rings. The molecule has 0 bridgehead atoms. The zero-order chi connectivity index (χ0) is 13.2. The van der Waals surface area contributed by atoms with Gasteiger partial charge in [-0.2, -0.15) is 0 Å². The van der Waals surface area contributed by atoms with E-state index < -0.39 is 5.54 Å². The van der Waals surface area contributed by atoms with Crippen LogP contribution in [0.3, 0.4) is 0 Å². The quantitative estimate of drug-likeness (QED) is 0.831. The zero-order valence-corrected chi connectivity index (χ0v) is 11.5. The van der Waals surface area contributed by atoms with Crippen molar-refractivity contribution in [1.29, 1.82) is 0 Å². The van der Waals surface area contributed by atoms with Gasteiger partial charge in [0.15, 0.2) is 0 Å². The van der Waals surface area contributed by atoms with Gasteiger partial charge in [0.05, 0.1) is 6.54 Å². The first-order valence-electron chi connectivity index (χ1n) is 7.15. The molecule has 0 aromatic carbocycles. The highest BCUT2D eigenvalue weighted by Crippen LogP contribution is 2.26. The van der Waals surface area contributed by atoms with E-state index in [9.17, 15) is 9.59 Å². The average molecular weight is 252 g/mol. The summed E-state index contributed by atoms with van der Waals surface area (Å²) in [5.74, 6) is 0.666. The third-order valence-corrected chi connectivity index (χ3v) is 4.42. The fourth-order valence-electron chi connectivity index (χ4n) is 3.06. The lowest BCUT2D eigenvalue weighted by molar-refractivity contribution is -0.150. The Balaban J connectivity index is 2.02. The molecule has 2 fully saturated rings. The van der Waals surface area contributed by atoms with Gasteiger partial charge >= 0.3 is 0 Å². The van der Waals surface area contributed by atoms with Gasteiger partial charge in [0.25, 0.3) is 0 Å². The van der Waals surface area contributed by atoms with E-state index in [0.29, 0.717) is 12.3 Å². The van der Waals surface area contributed by atoms with Crippen LogP contribution in [0.4, 0.5) is 0 Å². The van der Waals surface area contributed by atoms with Crippen LogP contribution >= 0.6 is 0 Å². The Morgan fingerprint density at radius 1 is 1.28 bits per heavy atom. The lowest BCUT2D eigenvalue weighted by Crippen LogP contribution is -2.65. The van der Waals surface area contributed by atoms with Crippen molar-refractivity contribution in [3.8, 4) is 0 Å². The molecule has 0 aromatic rings. The van der Waals surface area contributed by atoms with Crippen molar-refractivity contribution >= 4 is 11.8 Å². The highest BCUT2D eigenvalue weighted by atomic mass is 16.2. The Bertz CT molecular complexity index is 337. The molecular weight excluding hydrogens is 228 g/mol. The van der Waals surface area contributed by atoms with Crippen LogP contribution < -0.4 is 5.32 Å². The SMILES string of the molecule is CCC1(C)NC(=O)CN(CC2CCCCC2)C1=O. The van der Waals surface area contributed by atoms with Gasteiger partial charge in [-0.05, 0) is 32.1 Å². The highest BCUT2D eigenvalue weighted by molar-refractivity contribution is 5.97. The molecule has 2 amide bonds. The zero-order valence-electron chi connectivity index (χ0n) is 11.5. The van der Waals surface area contributed by atoms with Gasteiger partial charge in [-0.25, -0.2) is 0 Å². The number of nitrogens with one attached hydrogen (secondary N) is 1. The number of nitrogens with zero attached hydrogens (tertiary/aromatic N) is 1. The predicted molar refractivity (Wildman–Crippen MR) is 70.0 cm³/mol. The number of amides is 2. The Morgan fingerprint density at radius 2 is 1.94 bits per heavy atom. The van der Waals surface area contributed by atoms with Gasteiger partial charge < -0.3 is 10.2 Å². The minimum atomic E-state index is -0.690. The summed E-state index contributed by atoms with van der Waals surface area (Å²) >= 11 is 0. The molecule has 1 heterocycles. The lowest BCUT2D eigenvalue weighted by atomic mass is 9.87. The molecule has 4 heteroatoms. The first-order valence-corrected chi connectivity index (χ1v) is 7.15. The summed E-state index contributed by atoms with van der Waals surface area (Å²) in [6.45, 7) is 4.79. The molecule has 0 radical (unpaired) electrons. The van der Waals surface area contributed by atoms with E-state index in [1.807, 2.05) is 13.8 Å². The second-order valence-corrected chi connectivity index (χ2v) is 5.92. The summed E-state index contributed by atoms with van der Waals surface area (Å²) in [4.78, 5) is 25.9. The fourth-order valence-corrected chi connectivity index (χ4v) is 3.06. The third-order valence-electron chi connectivity index (χ3n) is 4.42. The second kappa shape index (κ2) is 5.29. The molecule has 1 saturated heterocycles. The number of hydrogen-bond acceptors (Lipinski definition) is 2. The third kappa shape index (κ3) is 2.68. The molecule has 2 rings (SSSR count). The van der Waals surface area contributed by atoms with Crippen molar-refractivity contribution in [2.45, 2.75) is 57.9 Å². The second-order valence-electron chi connectivity index (χ2n) is 5.92. The molecule has 1 saturated carbocycles. The van der Waals surface area contributed by atoms with Crippen molar-refractivity contribution in [3.63, 3.8) is 0 Å². The minimum Gasteiger partial charge on any atom is -0.340 e. The van der Waals surface area contributed by atoms with Crippen LogP contribution in [0.15, 0.2) is 0 Å². The van der Waals surface area contributed by atoms with Gasteiger partial charge in [-0.1, -0.05) is 26.2 Å². The van der Waals surface area contributed by atoms with Crippen LogP contribution in [-0.2, 0) is 9.59 Å². The molecule has 1 atom stereocenters. The summed E-state index contributed by atoms with van der Waals surface area (Å²) in [5, 5.41) is 2.83. The van der Waals surface area contributed by atoms with E-state index in [-0.39, 0.29) is 18.4 Å². The van der Waals surface area contributed by atoms with Gasteiger partial charge in [-0.15, -0.1) is 0 Å². The first kappa shape index (κ1) is 13.4. The predicted octanol–water partition coefficient (Wildman–Crippen LogP) is 1.69. The molecule has 1 unspecified atom stereocenters. The summed E-state index contributed by atoms with van der Waals surface area (Å²) in [6, 6.07) is 0. The Morgan fingerprint density at radius 3 is 2.56 bits per heavy atom. The first-order chi connectivity index (χ1) is 8.55. The largest absolute Gasteiger partial charge is 0.340 e. The molecule has 1 aliphatic carbocycles. The van der Waals surface area contributed by atoms with Crippen LogP contribution in [0.1, 0.15) is 52.4 Å². The average Bonchev–Trinajstić information content (AvgIpc) is 2.37. The van der Waals surface area contributed by atoms with Gasteiger partial charge in [0.1, 0.15) is 5.54 Å².